The van der Waals surface area contributed by atoms with Crippen LogP contribution in [0, 0.1) is 5.92 Å². The van der Waals surface area contributed by atoms with E-state index in [4.69, 9.17) is 4.98 Å². The molecule has 0 unspecified atom stereocenters. The summed E-state index contributed by atoms with van der Waals surface area (Å²) in [7, 11) is 2.08. The highest BCUT2D eigenvalue weighted by molar-refractivity contribution is 5.78. The highest BCUT2D eigenvalue weighted by Crippen LogP contribution is 2.26. The summed E-state index contributed by atoms with van der Waals surface area (Å²) in [5.74, 6) is 1.48. The minimum absolute atomic E-state index is 0.00501. The normalized spacial score (nSPS) is 15.0. The summed E-state index contributed by atoms with van der Waals surface area (Å²) in [5, 5.41) is 0. The molecule has 4 aromatic rings. The first-order valence-corrected chi connectivity index (χ1v) is 10.3. The molecule has 1 fully saturated rings. The van der Waals surface area contributed by atoms with Crippen LogP contribution < -0.4 is 10.5 Å². The minimum Gasteiger partial charge on any atom is -0.342 e. The molecule has 0 spiro atoms. The molecule has 0 radical (unpaired) electrons. The highest BCUT2D eigenvalue weighted by atomic mass is 16.1. The van der Waals surface area contributed by atoms with Gasteiger partial charge in [-0.3, -0.25) is 14.3 Å². The Kier molecular flexibility index (Phi) is 4.78. The van der Waals surface area contributed by atoms with Crippen molar-refractivity contribution in [3.05, 3.63) is 71.5 Å². The average molecular weight is 400 g/mol. The number of hydrogen-bond acceptors (Lipinski definition) is 5. The third-order valence-corrected chi connectivity index (χ3v) is 5.97. The van der Waals surface area contributed by atoms with Gasteiger partial charge in [-0.15, -0.1) is 0 Å². The molecule has 5 rings (SSSR count). The predicted octanol–water partition coefficient (Wildman–Crippen LogP) is 3.11. The number of aryl methyl sites for hydroxylation is 1. The van der Waals surface area contributed by atoms with Crippen LogP contribution in [0.15, 0.2) is 66.0 Å². The van der Waals surface area contributed by atoms with Crippen LogP contribution in [0.2, 0.25) is 0 Å². The molecule has 4 heterocycles. The minimum atomic E-state index is -0.00501. The van der Waals surface area contributed by atoms with E-state index in [1.54, 1.807) is 29.4 Å². The Balaban J connectivity index is 1.26. The van der Waals surface area contributed by atoms with E-state index in [2.05, 4.69) is 38.6 Å². The summed E-state index contributed by atoms with van der Waals surface area (Å²) in [6.07, 6.45) is 7.15. The van der Waals surface area contributed by atoms with Gasteiger partial charge in [-0.2, -0.15) is 0 Å². The van der Waals surface area contributed by atoms with Gasteiger partial charge in [0.2, 0.25) is 5.95 Å². The lowest BCUT2D eigenvalue weighted by Crippen LogP contribution is -2.37. The third-order valence-electron chi connectivity index (χ3n) is 5.97. The first-order valence-electron chi connectivity index (χ1n) is 10.3. The number of pyridine rings is 1. The molecule has 0 saturated carbocycles. The maximum Gasteiger partial charge on any atom is 0.253 e. The zero-order chi connectivity index (χ0) is 20.5. The number of aromatic nitrogens is 5. The molecule has 0 N–H and O–H groups in total. The van der Waals surface area contributed by atoms with Gasteiger partial charge in [0, 0.05) is 50.7 Å². The van der Waals surface area contributed by atoms with Crippen LogP contribution in [-0.2, 0) is 13.6 Å². The molecule has 7 heteroatoms. The van der Waals surface area contributed by atoms with E-state index < -0.39 is 0 Å². The Morgan fingerprint density at radius 2 is 1.83 bits per heavy atom. The monoisotopic (exact) mass is 400 g/mol. The van der Waals surface area contributed by atoms with Crippen LogP contribution in [0.25, 0.3) is 22.3 Å². The predicted molar refractivity (Wildman–Crippen MR) is 117 cm³/mol. The molecule has 0 atom stereocenters. The Morgan fingerprint density at radius 3 is 2.57 bits per heavy atom. The SMILES string of the molecule is Cn1c(N2CCC(Cn3cnc(-c4ccncc4)cc3=O)CC2)nc2ccccc21. The molecule has 3 aromatic heterocycles. The quantitative estimate of drug-likeness (QED) is 0.527. The number of benzene rings is 1. The zero-order valence-electron chi connectivity index (χ0n) is 17.0. The van der Waals surface area contributed by atoms with Crippen LogP contribution in [0.4, 0.5) is 5.95 Å². The fourth-order valence-corrected chi connectivity index (χ4v) is 4.25. The molecule has 1 aromatic carbocycles. The lowest BCUT2D eigenvalue weighted by atomic mass is 9.97. The Labute approximate surface area is 174 Å². The molecule has 30 heavy (non-hydrogen) atoms. The van der Waals surface area contributed by atoms with Crippen molar-refractivity contribution in [3.63, 3.8) is 0 Å². The van der Waals surface area contributed by atoms with E-state index in [0.717, 1.165) is 48.5 Å². The van der Waals surface area contributed by atoms with E-state index in [1.807, 2.05) is 24.3 Å². The first-order chi connectivity index (χ1) is 14.7. The van der Waals surface area contributed by atoms with Crippen LogP contribution in [-0.4, -0.2) is 37.2 Å². The lowest BCUT2D eigenvalue weighted by molar-refractivity contribution is 0.348. The molecule has 0 aliphatic carbocycles. The van der Waals surface area contributed by atoms with Crippen molar-refractivity contribution in [3.8, 4) is 11.3 Å². The number of para-hydroxylation sites is 2. The maximum absolute atomic E-state index is 12.6. The van der Waals surface area contributed by atoms with Crippen molar-refractivity contribution < 1.29 is 0 Å². The summed E-state index contributed by atoms with van der Waals surface area (Å²) >= 11 is 0. The van der Waals surface area contributed by atoms with E-state index in [-0.39, 0.29) is 5.56 Å². The zero-order valence-corrected chi connectivity index (χ0v) is 17.0. The van der Waals surface area contributed by atoms with Crippen LogP contribution in [0.3, 0.4) is 0 Å². The number of fused-ring (bicyclic) bond motifs is 1. The van der Waals surface area contributed by atoms with Crippen molar-refractivity contribution in [2.45, 2.75) is 19.4 Å². The molecule has 1 saturated heterocycles. The summed E-state index contributed by atoms with van der Waals surface area (Å²) in [4.78, 5) is 28.3. The molecule has 152 valence electrons. The maximum atomic E-state index is 12.6. The molecule has 0 amide bonds. The number of rotatable bonds is 4. The van der Waals surface area contributed by atoms with Gasteiger partial charge in [0.25, 0.3) is 5.56 Å². The standard InChI is InChI=1S/C23H24N6O/c1-27-21-5-3-2-4-19(21)26-23(27)28-12-8-17(9-13-28)15-29-16-25-20(14-22(29)30)18-6-10-24-11-7-18/h2-7,10-11,14,16-17H,8-9,12-13,15H2,1H3. The molecule has 1 aliphatic heterocycles. The van der Waals surface area contributed by atoms with Crippen LogP contribution in [0.5, 0.6) is 0 Å². The number of hydrogen-bond donors (Lipinski definition) is 0. The second kappa shape index (κ2) is 7.74. The molecule has 0 bridgehead atoms. The summed E-state index contributed by atoms with van der Waals surface area (Å²) in [6.45, 7) is 2.59. The summed E-state index contributed by atoms with van der Waals surface area (Å²) in [5.41, 5.74) is 3.78. The lowest BCUT2D eigenvalue weighted by Gasteiger charge is -2.32. The van der Waals surface area contributed by atoms with E-state index >= 15 is 0 Å². The number of piperidine rings is 1. The highest BCUT2D eigenvalue weighted by Gasteiger charge is 2.23. The van der Waals surface area contributed by atoms with Gasteiger partial charge in [0.1, 0.15) is 0 Å². The Bertz CT molecular complexity index is 1220. The second-order valence-corrected chi connectivity index (χ2v) is 7.89. The first kappa shape index (κ1) is 18.5. The molecular weight excluding hydrogens is 376 g/mol. The average Bonchev–Trinajstić information content (AvgIpc) is 3.13. The van der Waals surface area contributed by atoms with Gasteiger partial charge >= 0.3 is 0 Å². The van der Waals surface area contributed by atoms with E-state index in [9.17, 15) is 4.79 Å². The fraction of sp³-hybridized carbons (Fsp3) is 0.304. The van der Waals surface area contributed by atoms with Crippen LogP contribution in [0.1, 0.15) is 12.8 Å². The summed E-state index contributed by atoms with van der Waals surface area (Å²) in [6, 6.07) is 13.6. The second-order valence-electron chi connectivity index (χ2n) is 7.89. The van der Waals surface area contributed by atoms with Crippen molar-refractivity contribution in [2.75, 3.05) is 18.0 Å². The van der Waals surface area contributed by atoms with Gasteiger partial charge in [0.15, 0.2) is 0 Å². The van der Waals surface area contributed by atoms with E-state index in [0.29, 0.717) is 18.2 Å². The van der Waals surface area contributed by atoms with Crippen molar-refractivity contribution >= 4 is 17.0 Å². The topological polar surface area (TPSA) is 68.8 Å². The number of imidazole rings is 1. The Hall–Kier alpha value is -3.48. The van der Waals surface area contributed by atoms with Gasteiger partial charge in [-0.25, -0.2) is 9.97 Å². The van der Waals surface area contributed by atoms with Gasteiger partial charge < -0.3 is 9.47 Å². The van der Waals surface area contributed by atoms with Crippen molar-refractivity contribution in [1.29, 1.82) is 0 Å². The third kappa shape index (κ3) is 3.47. The fourth-order valence-electron chi connectivity index (χ4n) is 4.25. The molecular formula is C23H24N6O. The van der Waals surface area contributed by atoms with Gasteiger partial charge in [-0.05, 0) is 43.0 Å². The number of anilines is 1. The van der Waals surface area contributed by atoms with Crippen molar-refractivity contribution in [1.82, 2.24) is 24.1 Å². The van der Waals surface area contributed by atoms with Crippen molar-refractivity contribution in [2.24, 2.45) is 13.0 Å². The molecule has 1 aliphatic rings. The van der Waals surface area contributed by atoms with Crippen LogP contribution >= 0.6 is 0 Å². The summed E-state index contributed by atoms with van der Waals surface area (Å²) < 4.78 is 3.90. The molecule has 7 nitrogen and oxygen atoms in total. The largest absolute Gasteiger partial charge is 0.342 e. The smallest absolute Gasteiger partial charge is 0.253 e. The van der Waals surface area contributed by atoms with Gasteiger partial charge in [0.05, 0.1) is 23.1 Å². The van der Waals surface area contributed by atoms with Gasteiger partial charge in [-0.1, -0.05) is 12.1 Å². The number of nitrogens with zero attached hydrogens (tertiary/aromatic N) is 6. The Morgan fingerprint density at radius 1 is 1.07 bits per heavy atom. The van der Waals surface area contributed by atoms with E-state index in [1.165, 1.54) is 0 Å².